The van der Waals surface area contributed by atoms with Gasteiger partial charge in [-0.3, -0.25) is 0 Å². The molecule has 2 aliphatic rings. The van der Waals surface area contributed by atoms with Gasteiger partial charge in [-0.05, 0) is 92.2 Å². The molecule has 10 heteroatoms. The van der Waals surface area contributed by atoms with Gasteiger partial charge >= 0.3 is 11.5 Å². The van der Waals surface area contributed by atoms with Crippen LogP contribution in [0.15, 0.2) is 0 Å². The molecule has 2 aliphatic heterocycles. The molecule has 2 atom stereocenters. The first kappa shape index (κ1) is 33.4. The molecule has 192 valence electrons. The molecule has 2 rings (SSSR count). The summed E-state index contributed by atoms with van der Waals surface area (Å²) in [5, 5.41) is 21.8. The molecule has 2 unspecified atom stereocenters. The van der Waals surface area contributed by atoms with Crippen LogP contribution in [0.5, 0.6) is 0 Å². The van der Waals surface area contributed by atoms with Gasteiger partial charge in [0.2, 0.25) is 0 Å². The van der Waals surface area contributed by atoms with Crippen molar-refractivity contribution in [2.24, 2.45) is 11.8 Å². The highest BCUT2D eigenvalue weighted by Crippen LogP contribution is 2.21. The second kappa shape index (κ2) is 18.6. The molecule has 0 saturated carbocycles. The number of carbonyl (C=O) groups excluding carboxylic acids is 2. The molecule has 0 spiro atoms. The summed E-state index contributed by atoms with van der Waals surface area (Å²) in [6.07, 6.45) is 3.23. The number of nitrogens with one attached hydrogen (secondary N) is 1. The molecule has 2 fully saturated rings. The van der Waals surface area contributed by atoms with Gasteiger partial charge in [0.05, 0.1) is 24.4 Å². The smallest absolute Gasteiger partial charge is 0.410 e. The number of rotatable bonds is 4. The monoisotopic (exact) mass is 502 g/mol. The van der Waals surface area contributed by atoms with E-state index in [-0.39, 0.29) is 42.9 Å². The summed E-state index contributed by atoms with van der Waals surface area (Å²) in [4.78, 5) is 23.0. The molecule has 0 aromatic rings. The Labute approximate surface area is 204 Å². The Morgan fingerprint density at radius 1 is 0.844 bits per heavy atom. The maximum Gasteiger partial charge on any atom is 0.410 e. The predicted molar refractivity (Wildman–Crippen MR) is 130 cm³/mol. The average Bonchev–Trinajstić information content (AvgIpc) is 2.68. The molecule has 0 aromatic carbocycles. The molecule has 32 heavy (non-hydrogen) atoms. The summed E-state index contributed by atoms with van der Waals surface area (Å²) in [5.41, 5.74) is -0.741. The largest absolute Gasteiger partial charge is 0.451 e. The number of amides is 1. The Balaban J connectivity index is 0. The number of aliphatic hydroxyl groups excluding tert-OH is 2. The first-order valence-electron chi connectivity index (χ1n) is 11.3. The lowest BCUT2D eigenvalue weighted by Crippen LogP contribution is -2.41. The molecule has 0 aromatic heterocycles. The maximum absolute atomic E-state index is 11.5. The van der Waals surface area contributed by atoms with Gasteiger partial charge in [0.25, 0.3) is 0 Å². The predicted octanol–water partition coefficient (Wildman–Crippen LogP) is 4.18. The lowest BCUT2D eigenvalue weighted by molar-refractivity contribution is 0.0436. The van der Waals surface area contributed by atoms with Gasteiger partial charge in [0.1, 0.15) is 0 Å². The first-order valence-corrected chi connectivity index (χ1v) is 11.7. The number of ether oxygens (including phenoxy) is 2. The summed E-state index contributed by atoms with van der Waals surface area (Å²) in [6, 6.07) is 0. The number of piperidine rings is 2. The molecule has 0 bridgehead atoms. The zero-order chi connectivity index (χ0) is 24.0. The van der Waals surface area contributed by atoms with Crippen molar-refractivity contribution in [2.75, 3.05) is 26.2 Å². The second-order valence-electron chi connectivity index (χ2n) is 8.73. The molecular formula is C22H44Cl2N2O6. The van der Waals surface area contributed by atoms with Gasteiger partial charge in [0, 0.05) is 24.7 Å². The third kappa shape index (κ3) is 16.8. The molecule has 0 aliphatic carbocycles. The van der Waals surface area contributed by atoms with Crippen LogP contribution in [-0.2, 0) is 9.47 Å². The third-order valence-electron chi connectivity index (χ3n) is 5.21. The Morgan fingerprint density at radius 3 is 1.53 bits per heavy atom. The summed E-state index contributed by atoms with van der Waals surface area (Å²) in [7, 11) is 0. The Kier molecular flexibility index (Phi) is 19.4. The summed E-state index contributed by atoms with van der Waals surface area (Å²) in [5.74, 6) is 0.874. The number of nitrogens with zero attached hydrogens (tertiary/aromatic N) is 1. The number of halogens is 2. The van der Waals surface area contributed by atoms with Crippen molar-refractivity contribution >= 4 is 35.5 Å². The van der Waals surface area contributed by atoms with Crippen molar-refractivity contribution in [3.63, 3.8) is 0 Å². The fraction of sp³-hybridized carbons (Fsp3) is 0.909. The summed E-state index contributed by atoms with van der Waals surface area (Å²) < 4.78 is 9.49. The zero-order valence-corrected chi connectivity index (χ0v) is 22.0. The standard InChI is InChI=1S/C11H21NO3.C7H15NO.C4H7ClO2.ClH/c1-8(2)15-11(14)12-6-4-10(5-7-12)9(3)13;1-6(9)7-2-4-8-5-3-7;1-3(2)7-4(5)6;/h8-10,13H,4-7H2,1-3H3;6-9H,2-5H2,1H3;3H,1-2H3;1H. The van der Waals surface area contributed by atoms with Crippen LogP contribution >= 0.6 is 24.0 Å². The van der Waals surface area contributed by atoms with Crippen LogP contribution in [0.3, 0.4) is 0 Å². The minimum absolute atomic E-state index is 0. The number of likely N-dealkylation sites (tertiary alicyclic amines) is 1. The van der Waals surface area contributed by atoms with E-state index in [4.69, 9.17) is 21.4 Å². The van der Waals surface area contributed by atoms with Crippen molar-refractivity contribution in [1.29, 1.82) is 0 Å². The average molecular weight is 504 g/mol. The minimum atomic E-state index is -0.741. The van der Waals surface area contributed by atoms with E-state index in [1.165, 1.54) is 0 Å². The molecule has 3 N–H and O–H groups in total. The second-order valence-corrected chi connectivity index (χ2v) is 9.04. The molecule has 2 saturated heterocycles. The third-order valence-corrected chi connectivity index (χ3v) is 5.30. The Bertz CT molecular complexity index is 493. The molecule has 2 heterocycles. The number of carbonyl (C=O) groups is 2. The number of hydrogen-bond acceptors (Lipinski definition) is 7. The molecule has 0 radical (unpaired) electrons. The lowest BCUT2D eigenvalue weighted by Gasteiger charge is -2.32. The van der Waals surface area contributed by atoms with E-state index in [0.29, 0.717) is 24.9 Å². The summed E-state index contributed by atoms with van der Waals surface area (Å²) in [6.45, 7) is 14.4. The quantitative estimate of drug-likeness (QED) is 0.494. The van der Waals surface area contributed by atoms with E-state index in [9.17, 15) is 14.7 Å². The lowest BCUT2D eigenvalue weighted by atomic mass is 9.92. The van der Waals surface area contributed by atoms with Crippen molar-refractivity contribution in [3.05, 3.63) is 0 Å². The van der Waals surface area contributed by atoms with Crippen LogP contribution in [0.25, 0.3) is 0 Å². The van der Waals surface area contributed by atoms with Gasteiger partial charge in [0.15, 0.2) is 0 Å². The molecular weight excluding hydrogens is 459 g/mol. The van der Waals surface area contributed by atoms with Gasteiger partial charge in [-0.2, -0.15) is 0 Å². The highest BCUT2D eigenvalue weighted by atomic mass is 35.5. The fourth-order valence-electron chi connectivity index (χ4n) is 3.35. The van der Waals surface area contributed by atoms with Gasteiger partial charge < -0.3 is 29.9 Å². The van der Waals surface area contributed by atoms with Crippen LogP contribution < -0.4 is 5.32 Å². The van der Waals surface area contributed by atoms with E-state index >= 15 is 0 Å². The van der Waals surface area contributed by atoms with Crippen LogP contribution in [-0.4, -0.2) is 77.2 Å². The van der Waals surface area contributed by atoms with Crippen LogP contribution in [0.2, 0.25) is 0 Å². The van der Waals surface area contributed by atoms with Crippen LogP contribution in [0.4, 0.5) is 9.59 Å². The van der Waals surface area contributed by atoms with E-state index < -0.39 is 5.43 Å². The van der Waals surface area contributed by atoms with Crippen molar-refractivity contribution in [1.82, 2.24) is 10.2 Å². The normalized spacial score (nSPS) is 18.9. The van der Waals surface area contributed by atoms with E-state index in [1.54, 1.807) is 18.7 Å². The van der Waals surface area contributed by atoms with Gasteiger partial charge in [-0.25, -0.2) is 9.59 Å². The fourth-order valence-corrected chi connectivity index (χ4v) is 3.53. The van der Waals surface area contributed by atoms with E-state index in [2.05, 4.69) is 10.1 Å². The number of hydrogen-bond donors (Lipinski definition) is 3. The van der Waals surface area contributed by atoms with Crippen LogP contribution in [0.1, 0.15) is 67.2 Å². The summed E-state index contributed by atoms with van der Waals surface area (Å²) >= 11 is 4.81. The Hall–Kier alpha value is -0.800. The van der Waals surface area contributed by atoms with Crippen LogP contribution in [0, 0.1) is 11.8 Å². The van der Waals surface area contributed by atoms with Crippen molar-refractivity contribution in [3.8, 4) is 0 Å². The molecule has 8 nitrogen and oxygen atoms in total. The maximum atomic E-state index is 11.5. The number of aliphatic hydroxyl groups is 2. The van der Waals surface area contributed by atoms with Crippen molar-refractivity contribution < 1.29 is 29.3 Å². The highest BCUT2D eigenvalue weighted by Gasteiger charge is 2.26. The zero-order valence-electron chi connectivity index (χ0n) is 20.4. The van der Waals surface area contributed by atoms with E-state index in [0.717, 1.165) is 38.8 Å². The Morgan fingerprint density at radius 2 is 1.25 bits per heavy atom. The first-order chi connectivity index (χ1) is 14.4. The van der Waals surface area contributed by atoms with Gasteiger partial charge in [-0.1, -0.05) is 0 Å². The van der Waals surface area contributed by atoms with Crippen molar-refractivity contribution in [2.45, 2.75) is 91.6 Å². The minimum Gasteiger partial charge on any atom is -0.451 e. The van der Waals surface area contributed by atoms with E-state index in [1.807, 2.05) is 27.7 Å². The highest BCUT2D eigenvalue weighted by molar-refractivity contribution is 6.61. The topological polar surface area (TPSA) is 108 Å². The molecule has 1 amide bonds. The SMILES string of the molecule is CC(C)OC(=O)Cl.CC(C)OC(=O)N1CCC(C(C)O)CC1.CC(O)C1CCNCC1.Cl. The van der Waals surface area contributed by atoms with Gasteiger partial charge in [-0.15, -0.1) is 12.4 Å².